The lowest BCUT2D eigenvalue weighted by Crippen LogP contribution is -2.63. The third kappa shape index (κ3) is 4.77. The molecule has 2 heterocycles. The van der Waals surface area contributed by atoms with Gasteiger partial charge in [0.1, 0.15) is 0 Å². The van der Waals surface area contributed by atoms with Gasteiger partial charge in [-0.05, 0) is 29.7 Å². The van der Waals surface area contributed by atoms with Crippen LogP contribution in [-0.2, 0) is 17.8 Å². The molecule has 5 nitrogen and oxygen atoms in total. The maximum Gasteiger partial charge on any atom is 0.262 e. The second-order valence-electron chi connectivity index (χ2n) is 8.37. The summed E-state index contributed by atoms with van der Waals surface area (Å²) in [5.41, 5.74) is 2.72. The van der Waals surface area contributed by atoms with E-state index in [1.807, 2.05) is 30.3 Å². The Hall–Kier alpha value is -2.80. The minimum atomic E-state index is -2.91. The molecule has 2 aromatic carbocycles. The van der Waals surface area contributed by atoms with Crippen LogP contribution in [-0.4, -0.2) is 59.3 Å². The second-order valence-corrected chi connectivity index (χ2v) is 8.37. The summed E-state index contributed by atoms with van der Waals surface area (Å²) in [5, 5.41) is 2.81. The summed E-state index contributed by atoms with van der Waals surface area (Å²) in [7, 11) is 0. The van der Waals surface area contributed by atoms with Crippen molar-refractivity contribution >= 4 is 11.8 Å². The van der Waals surface area contributed by atoms with Gasteiger partial charge in [0, 0.05) is 37.7 Å². The number of amides is 2. The molecule has 2 saturated heterocycles. The van der Waals surface area contributed by atoms with Crippen LogP contribution in [0.4, 0.5) is 8.78 Å². The Labute approximate surface area is 181 Å². The highest BCUT2D eigenvalue weighted by atomic mass is 19.3. The summed E-state index contributed by atoms with van der Waals surface area (Å²) < 4.78 is 28.4. The van der Waals surface area contributed by atoms with Gasteiger partial charge in [0.2, 0.25) is 5.91 Å². The van der Waals surface area contributed by atoms with E-state index in [4.69, 9.17) is 0 Å². The van der Waals surface area contributed by atoms with Crippen LogP contribution >= 0.6 is 0 Å². The maximum atomic E-state index is 14.2. The van der Waals surface area contributed by atoms with E-state index >= 15 is 0 Å². The van der Waals surface area contributed by atoms with E-state index in [2.05, 4.69) is 12.2 Å². The molecule has 31 heavy (non-hydrogen) atoms. The van der Waals surface area contributed by atoms with Crippen molar-refractivity contribution in [1.82, 2.24) is 15.1 Å². The molecule has 0 saturated carbocycles. The number of alkyl halides is 2. The Morgan fingerprint density at radius 3 is 2.32 bits per heavy atom. The molecule has 2 aromatic rings. The lowest BCUT2D eigenvalue weighted by Gasteiger charge is -2.45. The van der Waals surface area contributed by atoms with Gasteiger partial charge in [-0.1, -0.05) is 49.4 Å². The molecule has 1 N–H and O–H groups in total. The van der Waals surface area contributed by atoms with Crippen molar-refractivity contribution in [2.24, 2.45) is 0 Å². The number of halogens is 2. The number of benzene rings is 2. The van der Waals surface area contributed by atoms with Crippen LogP contribution in [0.2, 0.25) is 0 Å². The molecule has 0 aromatic heterocycles. The van der Waals surface area contributed by atoms with Gasteiger partial charge in [0.05, 0.1) is 12.6 Å². The Morgan fingerprint density at radius 2 is 1.68 bits per heavy atom. The first-order valence-corrected chi connectivity index (χ1v) is 10.7. The molecule has 0 spiro atoms. The molecule has 4 rings (SSSR count). The lowest BCUT2D eigenvalue weighted by molar-refractivity contribution is -0.127. The molecule has 164 valence electrons. The van der Waals surface area contributed by atoms with Crippen LogP contribution in [0.25, 0.3) is 0 Å². The molecule has 0 unspecified atom stereocenters. The molecule has 2 aliphatic rings. The van der Waals surface area contributed by atoms with Gasteiger partial charge in [0.15, 0.2) is 0 Å². The van der Waals surface area contributed by atoms with E-state index in [1.165, 1.54) is 5.56 Å². The smallest absolute Gasteiger partial charge is 0.262 e. The van der Waals surface area contributed by atoms with Crippen LogP contribution < -0.4 is 5.32 Å². The minimum absolute atomic E-state index is 0.112. The highest BCUT2D eigenvalue weighted by Gasteiger charge is 2.52. The topological polar surface area (TPSA) is 52.7 Å². The fraction of sp³-hybridized carbons (Fsp3) is 0.417. The zero-order valence-corrected chi connectivity index (χ0v) is 17.6. The number of nitrogens with zero attached hydrogens (tertiary/aromatic N) is 2. The maximum absolute atomic E-state index is 14.2. The predicted octanol–water partition coefficient (Wildman–Crippen LogP) is 3.10. The van der Waals surface area contributed by atoms with E-state index in [0.717, 1.165) is 12.0 Å². The zero-order chi connectivity index (χ0) is 22.0. The van der Waals surface area contributed by atoms with E-state index in [-0.39, 0.29) is 17.9 Å². The third-order valence-electron chi connectivity index (χ3n) is 6.15. The molecule has 1 atom stereocenters. The van der Waals surface area contributed by atoms with Crippen LogP contribution in [0.15, 0.2) is 54.6 Å². The van der Waals surface area contributed by atoms with Crippen molar-refractivity contribution < 1.29 is 18.4 Å². The summed E-state index contributed by atoms with van der Waals surface area (Å²) in [6.07, 6.45) is 0.445. The second kappa shape index (κ2) is 8.75. The first-order valence-electron chi connectivity index (χ1n) is 10.7. The first kappa shape index (κ1) is 21.4. The molecule has 0 bridgehead atoms. The molecular formula is C24H27F2N3O2. The van der Waals surface area contributed by atoms with E-state index in [9.17, 15) is 18.4 Å². The molecule has 2 aliphatic heterocycles. The zero-order valence-electron chi connectivity index (χ0n) is 17.6. The molecule has 0 aliphatic carbocycles. The average molecular weight is 427 g/mol. The number of carbonyl (C=O) groups is 2. The Balaban J connectivity index is 1.35. The molecule has 0 radical (unpaired) electrons. The van der Waals surface area contributed by atoms with Crippen molar-refractivity contribution in [3.8, 4) is 0 Å². The van der Waals surface area contributed by atoms with Gasteiger partial charge >= 0.3 is 0 Å². The summed E-state index contributed by atoms with van der Waals surface area (Å²) in [5.74, 6) is -3.40. The van der Waals surface area contributed by atoms with Gasteiger partial charge in [-0.25, -0.2) is 8.78 Å². The number of likely N-dealkylation sites (tertiary alicyclic amines) is 2. The number of hydrogen-bond acceptors (Lipinski definition) is 3. The Morgan fingerprint density at radius 1 is 1.03 bits per heavy atom. The van der Waals surface area contributed by atoms with Crippen LogP contribution in [0.5, 0.6) is 0 Å². The van der Waals surface area contributed by atoms with E-state index in [0.29, 0.717) is 25.2 Å². The number of carbonyl (C=O) groups excluding carboxylic acids is 2. The lowest BCUT2D eigenvalue weighted by atomic mass is 10.0. The van der Waals surface area contributed by atoms with Crippen molar-refractivity contribution in [3.63, 3.8) is 0 Å². The summed E-state index contributed by atoms with van der Waals surface area (Å²) in [4.78, 5) is 28.5. The van der Waals surface area contributed by atoms with Gasteiger partial charge in [-0.15, -0.1) is 0 Å². The Bertz CT molecular complexity index is 928. The highest BCUT2D eigenvalue weighted by molar-refractivity contribution is 5.94. The normalized spacial score (nSPS) is 21.0. The fourth-order valence-corrected chi connectivity index (χ4v) is 4.26. The number of nitrogens with one attached hydrogen (secondary N) is 1. The monoisotopic (exact) mass is 427 g/mol. The quantitative estimate of drug-likeness (QED) is 0.771. The molecule has 2 amide bonds. The summed E-state index contributed by atoms with van der Waals surface area (Å²) >= 11 is 0. The number of rotatable bonds is 6. The van der Waals surface area contributed by atoms with Crippen LogP contribution in [0.1, 0.15) is 34.8 Å². The predicted molar refractivity (Wildman–Crippen MR) is 114 cm³/mol. The summed E-state index contributed by atoms with van der Waals surface area (Å²) in [6, 6.07) is 15.7. The SMILES string of the molecule is CCc1ccc(CNC(=O)[C@@H]2CC(F)(F)CN2C2CN(C(=O)c3ccccc3)C2)cc1. The largest absolute Gasteiger partial charge is 0.351 e. The minimum Gasteiger partial charge on any atom is -0.351 e. The van der Waals surface area contributed by atoms with Crippen LogP contribution in [0.3, 0.4) is 0 Å². The van der Waals surface area contributed by atoms with Crippen LogP contribution in [0, 0.1) is 0 Å². The van der Waals surface area contributed by atoms with Crippen molar-refractivity contribution in [2.75, 3.05) is 19.6 Å². The fourth-order valence-electron chi connectivity index (χ4n) is 4.26. The molecule has 2 fully saturated rings. The standard InChI is InChI=1S/C24H27F2N3O2/c1-2-17-8-10-18(11-9-17)13-27-22(30)21-12-24(25,26)16-29(21)20-14-28(15-20)23(31)19-6-4-3-5-7-19/h3-11,20-21H,2,12-16H2,1H3,(H,27,30)/t21-/m0/s1. The molecule has 7 heteroatoms. The van der Waals surface area contributed by atoms with Crippen molar-refractivity contribution in [1.29, 1.82) is 0 Å². The summed E-state index contributed by atoms with van der Waals surface area (Å²) in [6.45, 7) is 2.63. The van der Waals surface area contributed by atoms with Crippen molar-refractivity contribution in [3.05, 3.63) is 71.3 Å². The van der Waals surface area contributed by atoms with Gasteiger partial charge in [0.25, 0.3) is 11.8 Å². The van der Waals surface area contributed by atoms with Crippen molar-refractivity contribution in [2.45, 2.75) is 44.3 Å². The van der Waals surface area contributed by atoms with E-state index in [1.54, 1.807) is 34.1 Å². The third-order valence-corrected chi connectivity index (χ3v) is 6.15. The average Bonchev–Trinajstić information content (AvgIpc) is 3.07. The number of hydrogen-bond donors (Lipinski definition) is 1. The van der Waals surface area contributed by atoms with Gasteiger partial charge in [-0.2, -0.15) is 0 Å². The van der Waals surface area contributed by atoms with E-state index < -0.39 is 24.9 Å². The first-order chi connectivity index (χ1) is 14.9. The number of aryl methyl sites for hydroxylation is 1. The Kier molecular flexibility index (Phi) is 6.05. The van der Waals surface area contributed by atoms with Gasteiger partial charge in [-0.3, -0.25) is 14.5 Å². The van der Waals surface area contributed by atoms with Gasteiger partial charge < -0.3 is 10.2 Å². The molecular weight excluding hydrogens is 400 g/mol. The highest BCUT2D eigenvalue weighted by Crippen LogP contribution is 2.35.